The fourth-order valence-corrected chi connectivity index (χ4v) is 9.29. The van der Waals surface area contributed by atoms with Crippen LogP contribution in [0.15, 0.2) is 84.9 Å². The molecule has 1 aromatic heterocycles. The third-order valence-corrected chi connectivity index (χ3v) is 12.9. The zero-order chi connectivity index (χ0) is 47.4. The normalized spacial score (nSPS) is 18.4. The second kappa shape index (κ2) is 22.9. The van der Waals surface area contributed by atoms with Gasteiger partial charge in [0.15, 0.2) is 0 Å². The molecule has 18 nitrogen and oxygen atoms in total. The Labute approximate surface area is 396 Å². The minimum atomic E-state index is -0.651. The number of carbonyl (C=O) groups excluding carboxylic acids is 5. The molecule has 0 saturated carbocycles. The molecule has 4 aliphatic heterocycles. The summed E-state index contributed by atoms with van der Waals surface area (Å²) in [6.07, 6.45) is 6.62. The Bertz CT molecular complexity index is 2440. The van der Waals surface area contributed by atoms with E-state index in [0.717, 1.165) is 41.8 Å². The van der Waals surface area contributed by atoms with Gasteiger partial charge in [0.25, 0.3) is 11.8 Å². The summed E-state index contributed by atoms with van der Waals surface area (Å²) in [5.74, 6) is 0.890. The Kier molecular flexibility index (Phi) is 16.1. The van der Waals surface area contributed by atoms with Gasteiger partial charge in [0.2, 0.25) is 17.7 Å². The molecule has 68 heavy (non-hydrogen) atoms. The molecule has 5 heterocycles. The second-order valence-electron chi connectivity index (χ2n) is 17.4. The molecule has 18 heteroatoms. The molecule has 0 spiro atoms. The van der Waals surface area contributed by atoms with Crippen molar-refractivity contribution < 1.29 is 42.9 Å². The van der Waals surface area contributed by atoms with E-state index in [1.807, 2.05) is 89.4 Å². The first kappa shape index (κ1) is 47.9. The summed E-state index contributed by atoms with van der Waals surface area (Å²) in [6.45, 7) is 6.89. The number of amides is 5. The zero-order valence-electron chi connectivity index (χ0n) is 38.5. The van der Waals surface area contributed by atoms with Crippen LogP contribution >= 0.6 is 0 Å². The Morgan fingerprint density at radius 2 is 1.59 bits per heavy atom. The fraction of sp³-hybridized carbons (Fsp3) is 0.440. The first-order valence-electron chi connectivity index (χ1n) is 23.5. The van der Waals surface area contributed by atoms with E-state index in [2.05, 4.69) is 20.9 Å². The number of hydrogen-bond acceptors (Lipinski definition) is 13. The number of likely N-dealkylation sites (tertiary alicyclic amines) is 1. The molecule has 8 rings (SSSR count). The number of rotatable bonds is 22. The smallest absolute Gasteiger partial charge is 0.255 e. The lowest BCUT2D eigenvalue weighted by molar-refractivity contribution is -0.137. The van der Waals surface area contributed by atoms with E-state index in [0.29, 0.717) is 126 Å². The monoisotopic (exact) mass is 931 g/mol. The summed E-state index contributed by atoms with van der Waals surface area (Å²) >= 11 is 0. The maximum Gasteiger partial charge on any atom is 0.255 e. The Morgan fingerprint density at radius 3 is 2.32 bits per heavy atom. The summed E-state index contributed by atoms with van der Waals surface area (Å²) in [7, 11) is 1.99. The number of piperidine rings is 2. The summed E-state index contributed by atoms with van der Waals surface area (Å²) in [6, 6.07) is 22.0. The van der Waals surface area contributed by atoms with Crippen LogP contribution in [0.4, 0.5) is 11.5 Å². The topological polar surface area (TPSA) is 212 Å². The third kappa shape index (κ3) is 11.7. The molecular weight excluding hydrogens is 871 g/mol. The van der Waals surface area contributed by atoms with Gasteiger partial charge in [0, 0.05) is 80.7 Å². The van der Waals surface area contributed by atoms with Crippen LogP contribution in [0.2, 0.25) is 0 Å². The largest absolute Gasteiger partial charge is 0.457 e. The molecule has 360 valence electrons. The highest BCUT2D eigenvalue weighted by Gasteiger charge is 2.40. The molecule has 1 unspecified atom stereocenters. The van der Waals surface area contributed by atoms with Crippen molar-refractivity contribution in [2.45, 2.75) is 50.7 Å². The van der Waals surface area contributed by atoms with Crippen LogP contribution in [0.3, 0.4) is 0 Å². The number of imide groups is 1. The van der Waals surface area contributed by atoms with Crippen molar-refractivity contribution in [3.8, 4) is 22.8 Å². The van der Waals surface area contributed by atoms with Crippen LogP contribution in [0.1, 0.15) is 64.4 Å². The average Bonchev–Trinajstić information content (AvgIpc) is 3.91. The van der Waals surface area contributed by atoms with Gasteiger partial charge in [-0.1, -0.05) is 30.3 Å². The predicted octanol–water partition coefficient (Wildman–Crippen LogP) is 4.45. The molecule has 2 atom stereocenters. The highest BCUT2D eigenvalue weighted by atomic mass is 16.5. The number of nitrogens with two attached hydrogens (primary N) is 1. The highest BCUT2D eigenvalue weighted by Crippen LogP contribution is 2.40. The maximum atomic E-state index is 13.2. The molecule has 0 aliphatic carbocycles. The molecule has 0 bridgehead atoms. The van der Waals surface area contributed by atoms with Gasteiger partial charge < -0.3 is 50.0 Å². The van der Waals surface area contributed by atoms with Crippen molar-refractivity contribution >= 4 is 41.0 Å². The Balaban J connectivity index is 0.674. The van der Waals surface area contributed by atoms with Crippen LogP contribution in [0.5, 0.6) is 11.5 Å². The lowest BCUT2D eigenvalue weighted by Gasteiger charge is -2.38. The molecule has 5 amide bonds. The van der Waals surface area contributed by atoms with Crippen LogP contribution < -0.4 is 26.4 Å². The molecule has 5 N–H and O–H groups in total. The first-order valence-corrected chi connectivity index (χ1v) is 23.5. The van der Waals surface area contributed by atoms with Gasteiger partial charge >= 0.3 is 0 Å². The van der Waals surface area contributed by atoms with E-state index in [4.69, 9.17) is 29.8 Å². The minimum Gasteiger partial charge on any atom is -0.457 e. The Hall–Kier alpha value is -6.60. The number of benzene rings is 3. The highest BCUT2D eigenvalue weighted by molar-refractivity contribution is 6.06. The number of fused-ring (bicyclic) bond motifs is 2. The minimum absolute atomic E-state index is 0.00529. The predicted molar refractivity (Wildman–Crippen MR) is 254 cm³/mol. The molecule has 4 aromatic rings. The number of primary amides is 1. The lowest BCUT2D eigenvalue weighted by atomic mass is 9.87. The average molecular weight is 932 g/mol. The van der Waals surface area contributed by atoms with Crippen molar-refractivity contribution in [1.29, 1.82) is 0 Å². The van der Waals surface area contributed by atoms with Crippen LogP contribution in [-0.2, 0) is 35.1 Å². The Morgan fingerprint density at radius 1 is 0.868 bits per heavy atom. The van der Waals surface area contributed by atoms with E-state index >= 15 is 0 Å². The summed E-state index contributed by atoms with van der Waals surface area (Å²) < 4.78 is 25.0. The summed E-state index contributed by atoms with van der Waals surface area (Å²) in [5.41, 5.74) is 9.87. The first-order chi connectivity index (χ1) is 33.1. The zero-order valence-corrected chi connectivity index (χ0v) is 38.5. The van der Waals surface area contributed by atoms with Crippen LogP contribution in [0, 0.1) is 5.92 Å². The van der Waals surface area contributed by atoms with Gasteiger partial charge in [0.1, 0.15) is 34.6 Å². The van der Waals surface area contributed by atoms with Crippen molar-refractivity contribution in [2.75, 3.05) is 96.6 Å². The van der Waals surface area contributed by atoms with Gasteiger partial charge in [-0.15, -0.1) is 0 Å². The van der Waals surface area contributed by atoms with Crippen molar-refractivity contribution in [1.82, 2.24) is 29.8 Å². The van der Waals surface area contributed by atoms with E-state index in [1.54, 1.807) is 17.0 Å². The van der Waals surface area contributed by atoms with Crippen molar-refractivity contribution in [2.24, 2.45) is 11.7 Å². The van der Waals surface area contributed by atoms with Crippen LogP contribution in [0.25, 0.3) is 11.3 Å². The standard InChI is InChI=1S/C50H61N9O9/c1-56(26-28-66-30-32-67-31-29-65-27-22-52-40-10-5-9-38-39(40)33-58(50(38)64)42-16-17-43(60)54-49(42)63)23-6-11-44(61)57-24-19-34(20-25-57)41-18-21-53-48-45(47(51)62)46(55-59(41)48)35-12-14-37(15-13-35)68-36-7-3-2-4-8-36/h2-15,34,41-42,52-53H,16-33H2,1H3,(H2,51,62)(H,54,60,63)/b11-6+/t41-,42?/m0/s1. The molecule has 2 saturated heterocycles. The number of carbonyl (C=O) groups is 5. The number of nitrogens with one attached hydrogen (secondary N) is 3. The third-order valence-electron chi connectivity index (χ3n) is 12.9. The molecule has 3 aromatic carbocycles. The quantitative estimate of drug-likeness (QED) is 0.0488. The SMILES string of the molecule is CN(C/C=C/C(=O)N1CCC([C@@H]2CCNc3c(C(N)=O)c(-c4ccc(Oc5ccccc5)cc4)nn32)CC1)CCOCCOCCOCCNc1cccc2c1CN(C1CCC(=O)NC1=O)C2=O. The van der Waals surface area contributed by atoms with Crippen molar-refractivity contribution in [3.05, 3.63) is 102 Å². The molecule has 4 aliphatic rings. The maximum absolute atomic E-state index is 13.2. The van der Waals surface area contributed by atoms with E-state index < -0.39 is 17.9 Å². The number of likely N-dealkylation sites (N-methyl/N-ethyl adjacent to an activating group) is 1. The van der Waals surface area contributed by atoms with Gasteiger partial charge in [0.05, 0.1) is 45.7 Å². The van der Waals surface area contributed by atoms with Gasteiger partial charge in [-0.2, -0.15) is 5.10 Å². The van der Waals surface area contributed by atoms with Crippen molar-refractivity contribution in [3.63, 3.8) is 0 Å². The molecular formula is C50H61N9O9. The number of para-hydroxylation sites is 1. The number of anilines is 2. The van der Waals surface area contributed by atoms with Crippen LogP contribution in [-0.4, -0.2) is 146 Å². The number of aromatic nitrogens is 2. The number of ether oxygens (including phenoxy) is 4. The number of nitrogens with zero attached hydrogens (tertiary/aromatic N) is 5. The van der Waals surface area contributed by atoms with Gasteiger partial charge in [-0.25, -0.2) is 4.68 Å². The fourth-order valence-electron chi connectivity index (χ4n) is 9.29. The lowest BCUT2D eigenvalue weighted by Crippen LogP contribution is -2.52. The van der Waals surface area contributed by atoms with E-state index in [9.17, 15) is 24.0 Å². The molecule has 0 radical (unpaired) electrons. The second-order valence-corrected chi connectivity index (χ2v) is 17.4. The summed E-state index contributed by atoms with van der Waals surface area (Å²) in [4.78, 5) is 68.5. The van der Waals surface area contributed by atoms with E-state index in [-0.39, 0.29) is 30.2 Å². The van der Waals surface area contributed by atoms with Gasteiger partial charge in [-0.05, 0) is 87.2 Å². The van der Waals surface area contributed by atoms with E-state index in [1.165, 1.54) is 0 Å². The van der Waals surface area contributed by atoms with Gasteiger partial charge in [-0.3, -0.25) is 29.3 Å². The molecule has 2 fully saturated rings. The summed E-state index contributed by atoms with van der Waals surface area (Å²) in [5, 5.41) is 14.0. The number of hydrogen-bond donors (Lipinski definition) is 4.